The number of amides is 1. The summed E-state index contributed by atoms with van der Waals surface area (Å²) >= 11 is 1.63. The first-order valence-corrected chi connectivity index (χ1v) is 7.81. The Kier molecular flexibility index (Phi) is 4.96. The second-order valence-electron chi connectivity index (χ2n) is 5.21. The van der Waals surface area contributed by atoms with E-state index in [0.717, 1.165) is 6.42 Å². The lowest BCUT2D eigenvalue weighted by Crippen LogP contribution is -2.19. The largest absolute Gasteiger partial charge is 0.300 e. The van der Waals surface area contributed by atoms with Crippen LogP contribution in [0.5, 0.6) is 0 Å². The van der Waals surface area contributed by atoms with Gasteiger partial charge in [-0.05, 0) is 50.0 Å². The molecule has 96 valence electrons. The lowest BCUT2D eigenvalue weighted by atomic mass is 10.2. The van der Waals surface area contributed by atoms with E-state index in [-0.39, 0.29) is 11.8 Å². The number of carbonyl (C=O) groups is 1. The second-order valence-corrected chi connectivity index (χ2v) is 6.32. The Hall–Kier alpha value is -0.440. The molecule has 2 aliphatic carbocycles. The Morgan fingerprint density at radius 2 is 2.24 bits per heavy atom. The van der Waals surface area contributed by atoms with Crippen molar-refractivity contribution in [3.05, 3.63) is 12.2 Å². The van der Waals surface area contributed by atoms with Crippen molar-refractivity contribution < 1.29 is 4.79 Å². The number of allylic oxidation sites excluding steroid dienone is 2. The van der Waals surface area contributed by atoms with Crippen molar-refractivity contribution in [1.82, 2.24) is 4.72 Å². The van der Waals surface area contributed by atoms with E-state index < -0.39 is 0 Å². The fraction of sp³-hybridized carbons (Fsp3) is 0.786. The van der Waals surface area contributed by atoms with Crippen molar-refractivity contribution in [3.8, 4) is 0 Å². The van der Waals surface area contributed by atoms with Crippen LogP contribution in [-0.2, 0) is 4.79 Å². The van der Waals surface area contributed by atoms with Gasteiger partial charge in [-0.25, -0.2) is 0 Å². The van der Waals surface area contributed by atoms with Crippen LogP contribution in [-0.4, -0.2) is 11.2 Å². The zero-order valence-corrected chi connectivity index (χ0v) is 11.5. The summed E-state index contributed by atoms with van der Waals surface area (Å²) in [6.45, 7) is 2.22. The summed E-state index contributed by atoms with van der Waals surface area (Å²) in [5.41, 5.74) is 0. The van der Waals surface area contributed by atoms with Gasteiger partial charge in [-0.1, -0.05) is 31.9 Å². The third-order valence-corrected chi connectivity index (χ3v) is 4.51. The summed E-state index contributed by atoms with van der Waals surface area (Å²) < 4.78 is 2.99. The van der Waals surface area contributed by atoms with Gasteiger partial charge >= 0.3 is 0 Å². The highest BCUT2D eigenvalue weighted by atomic mass is 32.2. The third-order valence-electron chi connectivity index (χ3n) is 3.38. The molecule has 2 fully saturated rings. The number of unbranched alkanes of at least 4 members (excludes halogenated alkanes) is 3. The first kappa shape index (κ1) is 13.0. The van der Waals surface area contributed by atoms with E-state index in [1.807, 2.05) is 0 Å². The highest BCUT2D eigenvalue weighted by Gasteiger charge is 2.41. The van der Waals surface area contributed by atoms with Gasteiger partial charge in [0.15, 0.2) is 0 Å². The van der Waals surface area contributed by atoms with E-state index in [4.69, 9.17) is 0 Å². The molecule has 0 radical (unpaired) electrons. The van der Waals surface area contributed by atoms with Gasteiger partial charge in [-0.3, -0.25) is 9.52 Å². The van der Waals surface area contributed by atoms with Crippen LogP contribution in [0, 0.1) is 11.8 Å². The van der Waals surface area contributed by atoms with Crippen LogP contribution in [0.15, 0.2) is 12.2 Å². The minimum absolute atomic E-state index is 0.255. The Morgan fingerprint density at radius 1 is 1.41 bits per heavy atom. The average molecular weight is 253 g/mol. The Bertz CT molecular complexity index is 286. The van der Waals surface area contributed by atoms with Crippen LogP contribution in [0.2, 0.25) is 0 Å². The van der Waals surface area contributed by atoms with E-state index in [1.165, 1.54) is 38.5 Å². The molecule has 1 amide bonds. The minimum atomic E-state index is 0.255. The number of nitrogens with one attached hydrogen (secondary N) is 1. The van der Waals surface area contributed by atoms with Gasteiger partial charge in [0.2, 0.25) is 5.91 Å². The van der Waals surface area contributed by atoms with E-state index in [1.54, 1.807) is 11.9 Å². The molecule has 0 aromatic carbocycles. The molecule has 3 heteroatoms. The Morgan fingerprint density at radius 3 is 2.94 bits per heavy atom. The van der Waals surface area contributed by atoms with Gasteiger partial charge < -0.3 is 0 Å². The van der Waals surface area contributed by atoms with E-state index in [2.05, 4.69) is 23.8 Å². The molecule has 0 saturated heterocycles. The van der Waals surface area contributed by atoms with Crippen LogP contribution in [0.4, 0.5) is 0 Å². The second kappa shape index (κ2) is 6.48. The minimum Gasteiger partial charge on any atom is -0.300 e. The summed E-state index contributed by atoms with van der Waals surface area (Å²) in [5, 5.41) is 0.709. The van der Waals surface area contributed by atoms with E-state index in [9.17, 15) is 4.79 Å². The predicted octanol–water partition coefficient (Wildman–Crippen LogP) is 3.69. The molecule has 1 N–H and O–H groups in total. The molecule has 2 atom stereocenters. The first-order chi connectivity index (χ1) is 8.31. The highest BCUT2D eigenvalue weighted by Crippen LogP contribution is 2.41. The molecule has 2 saturated carbocycles. The SMILES string of the molecule is CCCCC/C=C\[C@@H]1C[C@@H]1C(=O)NSC1CC1. The van der Waals surface area contributed by atoms with Gasteiger partial charge in [0.25, 0.3) is 0 Å². The summed E-state index contributed by atoms with van der Waals surface area (Å²) in [7, 11) is 0. The summed E-state index contributed by atoms with van der Waals surface area (Å²) in [4.78, 5) is 11.7. The lowest BCUT2D eigenvalue weighted by Gasteiger charge is -2.00. The van der Waals surface area contributed by atoms with Gasteiger partial charge in [-0.15, -0.1) is 0 Å². The molecule has 0 aromatic rings. The first-order valence-electron chi connectivity index (χ1n) is 6.93. The molecule has 2 nitrogen and oxygen atoms in total. The van der Waals surface area contributed by atoms with Crippen LogP contribution >= 0.6 is 11.9 Å². The molecule has 0 aliphatic heterocycles. The molecular formula is C14H23NOS. The van der Waals surface area contributed by atoms with E-state index >= 15 is 0 Å². The quantitative estimate of drug-likeness (QED) is 0.406. The van der Waals surface area contributed by atoms with Gasteiger partial charge in [0, 0.05) is 11.2 Å². The van der Waals surface area contributed by atoms with Crippen LogP contribution < -0.4 is 4.72 Å². The Balaban J connectivity index is 1.54. The molecule has 2 rings (SSSR count). The molecule has 17 heavy (non-hydrogen) atoms. The third kappa shape index (κ3) is 4.74. The van der Waals surface area contributed by atoms with Crippen molar-refractivity contribution in [1.29, 1.82) is 0 Å². The van der Waals surface area contributed by atoms with Crippen molar-refractivity contribution in [2.24, 2.45) is 11.8 Å². The fourth-order valence-corrected chi connectivity index (χ4v) is 2.72. The van der Waals surface area contributed by atoms with Gasteiger partial charge in [0.05, 0.1) is 0 Å². The maximum absolute atomic E-state index is 11.7. The average Bonchev–Trinajstić information content (AvgIpc) is 3.20. The van der Waals surface area contributed by atoms with Crippen molar-refractivity contribution in [2.75, 3.05) is 0 Å². The van der Waals surface area contributed by atoms with Crippen molar-refractivity contribution >= 4 is 17.9 Å². The molecule has 0 bridgehead atoms. The lowest BCUT2D eigenvalue weighted by molar-refractivity contribution is -0.120. The van der Waals surface area contributed by atoms with Gasteiger partial charge in [-0.2, -0.15) is 0 Å². The molecule has 0 unspecified atom stereocenters. The van der Waals surface area contributed by atoms with Gasteiger partial charge in [0.1, 0.15) is 0 Å². The standard InChI is InChI=1S/C14H23NOS/c1-2-3-4-5-6-7-11-10-13(11)14(16)15-17-12-8-9-12/h6-7,11-13H,2-5,8-10H2,1H3,(H,15,16)/b7-6-/t11-,13+/m1/s1. The fourth-order valence-electron chi connectivity index (χ4n) is 1.92. The zero-order chi connectivity index (χ0) is 12.1. The number of hydrogen-bond donors (Lipinski definition) is 1. The molecular weight excluding hydrogens is 230 g/mol. The summed E-state index contributed by atoms with van der Waals surface area (Å²) in [6.07, 6.45) is 13.2. The van der Waals surface area contributed by atoms with Crippen LogP contribution in [0.25, 0.3) is 0 Å². The molecule has 0 heterocycles. The monoisotopic (exact) mass is 253 g/mol. The van der Waals surface area contributed by atoms with Crippen LogP contribution in [0.1, 0.15) is 51.9 Å². The maximum atomic E-state index is 11.7. The van der Waals surface area contributed by atoms with Crippen LogP contribution in [0.3, 0.4) is 0 Å². The molecule has 0 aromatic heterocycles. The number of hydrogen-bond acceptors (Lipinski definition) is 2. The highest BCUT2D eigenvalue weighted by molar-refractivity contribution is 7.98. The smallest absolute Gasteiger partial charge is 0.233 e. The summed E-state index contributed by atoms with van der Waals surface area (Å²) in [6, 6.07) is 0. The topological polar surface area (TPSA) is 29.1 Å². The molecule has 0 spiro atoms. The van der Waals surface area contributed by atoms with Crippen molar-refractivity contribution in [3.63, 3.8) is 0 Å². The van der Waals surface area contributed by atoms with Crippen molar-refractivity contribution in [2.45, 2.75) is 57.1 Å². The zero-order valence-electron chi connectivity index (χ0n) is 10.7. The number of rotatable bonds is 8. The molecule has 2 aliphatic rings. The maximum Gasteiger partial charge on any atom is 0.233 e. The number of carbonyl (C=O) groups excluding carboxylic acids is 1. The predicted molar refractivity (Wildman–Crippen MR) is 73.6 cm³/mol. The normalized spacial score (nSPS) is 27.4. The van der Waals surface area contributed by atoms with E-state index in [0.29, 0.717) is 11.2 Å². The summed E-state index contributed by atoms with van der Waals surface area (Å²) in [5.74, 6) is 1.05. The Labute approximate surface area is 109 Å².